The molecule has 0 spiro atoms. The quantitative estimate of drug-likeness (QED) is 0.374. The first-order valence-electron chi connectivity index (χ1n) is 12.5. The minimum Gasteiger partial charge on any atom is -0.304 e. The van der Waals surface area contributed by atoms with E-state index in [1.54, 1.807) is 11.3 Å². The zero-order valence-corrected chi connectivity index (χ0v) is 21.6. The maximum Gasteiger partial charge on any atom is 0.261 e. The van der Waals surface area contributed by atoms with Crippen LogP contribution in [-0.2, 0) is 13.1 Å². The highest BCUT2D eigenvalue weighted by Gasteiger charge is 2.19. The Hall–Kier alpha value is -2.87. The van der Waals surface area contributed by atoms with E-state index in [9.17, 15) is 4.79 Å². The van der Waals surface area contributed by atoms with Gasteiger partial charge in [-0.05, 0) is 37.1 Å². The summed E-state index contributed by atoms with van der Waals surface area (Å²) in [5.41, 5.74) is 4.20. The lowest BCUT2D eigenvalue weighted by Gasteiger charge is -2.32. The van der Waals surface area contributed by atoms with Gasteiger partial charge in [-0.2, -0.15) is 0 Å². The lowest BCUT2D eigenvalue weighted by Crippen LogP contribution is -2.44. The van der Waals surface area contributed by atoms with Crippen molar-refractivity contribution < 1.29 is 0 Å². The number of piperazine rings is 1. The fourth-order valence-corrected chi connectivity index (χ4v) is 5.36. The van der Waals surface area contributed by atoms with Gasteiger partial charge in [0.05, 0.1) is 29.7 Å². The average Bonchev–Trinajstić information content (AvgIpc) is 3.36. The van der Waals surface area contributed by atoms with Crippen LogP contribution in [-0.4, -0.2) is 57.6 Å². The first-order valence-corrected chi connectivity index (χ1v) is 13.3. The predicted octanol–water partition coefficient (Wildman–Crippen LogP) is 4.83. The zero-order chi connectivity index (χ0) is 24.4. The maximum atomic E-state index is 13.5. The fourth-order valence-electron chi connectivity index (χ4n) is 4.57. The summed E-state index contributed by atoms with van der Waals surface area (Å²) in [4.78, 5) is 28.1. The number of benzene rings is 2. The molecule has 7 heteroatoms. The van der Waals surface area contributed by atoms with E-state index in [4.69, 9.17) is 9.97 Å². The standard InChI is InChI=1S/C28H33N5OS/c1-4-20(2)21-9-11-22(12-10-21)25-19-35-27(30-25)18-33-26(17-32-15-13-31(3)14-16-32)29-24-8-6-5-7-23(24)28(33)34/h5-12,19-20H,4,13-18H2,1-3H3/t20-/m0/s1. The van der Waals surface area contributed by atoms with Crippen LogP contribution in [0.4, 0.5) is 0 Å². The molecule has 2 aromatic heterocycles. The summed E-state index contributed by atoms with van der Waals surface area (Å²) in [7, 11) is 2.15. The van der Waals surface area contributed by atoms with Crippen molar-refractivity contribution in [2.45, 2.75) is 39.3 Å². The molecular formula is C28H33N5OS. The summed E-state index contributed by atoms with van der Waals surface area (Å²) in [5, 5.41) is 3.67. The van der Waals surface area contributed by atoms with E-state index in [2.05, 4.69) is 60.3 Å². The number of para-hydroxylation sites is 1. The number of aromatic nitrogens is 3. The number of likely N-dealkylation sites (N-methyl/N-ethyl adjacent to an activating group) is 1. The summed E-state index contributed by atoms with van der Waals surface area (Å²) < 4.78 is 1.83. The topological polar surface area (TPSA) is 54.3 Å². The molecule has 4 aromatic rings. The molecule has 0 unspecified atom stereocenters. The van der Waals surface area contributed by atoms with Crippen molar-refractivity contribution in [1.82, 2.24) is 24.3 Å². The second-order valence-corrected chi connectivity index (χ2v) is 10.5. The van der Waals surface area contributed by atoms with Gasteiger partial charge in [-0.25, -0.2) is 9.97 Å². The smallest absolute Gasteiger partial charge is 0.261 e. The second-order valence-electron chi connectivity index (χ2n) is 9.57. The Balaban J connectivity index is 1.44. The van der Waals surface area contributed by atoms with Gasteiger partial charge in [0.1, 0.15) is 10.8 Å². The van der Waals surface area contributed by atoms with Crippen LogP contribution in [0, 0.1) is 0 Å². The van der Waals surface area contributed by atoms with Gasteiger partial charge in [-0.3, -0.25) is 14.3 Å². The van der Waals surface area contributed by atoms with E-state index < -0.39 is 0 Å². The van der Waals surface area contributed by atoms with Gasteiger partial charge >= 0.3 is 0 Å². The molecule has 0 saturated carbocycles. The Labute approximate surface area is 210 Å². The van der Waals surface area contributed by atoms with Crippen LogP contribution in [0.25, 0.3) is 22.2 Å². The summed E-state index contributed by atoms with van der Waals surface area (Å²) >= 11 is 1.60. The highest BCUT2D eigenvalue weighted by molar-refractivity contribution is 7.09. The molecule has 0 aliphatic carbocycles. The highest BCUT2D eigenvalue weighted by atomic mass is 32.1. The van der Waals surface area contributed by atoms with Crippen molar-refractivity contribution in [2.75, 3.05) is 33.2 Å². The number of fused-ring (bicyclic) bond motifs is 1. The monoisotopic (exact) mass is 487 g/mol. The van der Waals surface area contributed by atoms with Crippen molar-refractivity contribution in [2.24, 2.45) is 0 Å². The molecule has 35 heavy (non-hydrogen) atoms. The van der Waals surface area contributed by atoms with Gasteiger partial charge in [0, 0.05) is 37.1 Å². The van der Waals surface area contributed by atoms with Crippen molar-refractivity contribution in [3.63, 3.8) is 0 Å². The first-order chi connectivity index (χ1) is 17.0. The van der Waals surface area contributed by atoms with Crippen LogP contribution in [0.2, 0.25) is 0 Å². The van der Waals surface area contributed by atoms with Crippen LogP contribution in [0.5, 0.6) is 0 Å². The van der Waals surface area contributed by atoms with Gasteiger partial charge in [-0.15, -0.1) is 11.3 Å². The van der Waals surface area contributed by atoms with Gasteiger partial charge < -0.3 is 4.90 Å². The molecular weight excluding hydrogens is 454 g/mol. The number of hydrogen-bond donors (Lipinski definition) is 0. The van der Waals surface area contributed by atoms with Gasteiger partial charge in [0.25, 0.3) is 5.56 Å². The Morgan fingerprint density at radius 2 is 1.71 bits per heavy atom. The van der Waals surface area contributed by atoms with E-state index in [0.717, 1.165) is 60.2 Å². The molecule has 1 fully saturated rings. The molecule has 2 aromatic carbocycles. The van der Waals surface area contributed by atoms with Gasteiger partial charge in [-0.1, -0.05) is 50.2 Å². The Morgan fingerprint density at radius 3 is 2.46 bits per heavy atom. The molecule has 0 N–H and O–H groups in total. The fraction of sp³-hybridized carbons (Fsp3) is 0.393. The van der Waals surface area contributed by atoms with Crippen molar-refractivity contribution in [3.8, 4) is 11.3 Å². The normalized spacial score (nSPS) is 16.1. The number of thiazole rings is 1. The highest BCUT2D eigenvalue weighted by Crippen LogP contribution is 2.26. The SMILES string of the molecule is CC[C@H](C)c1ccc(-c2csc(Cn3c(CN4CCN(C)CC4)nc4ccccc4c3=O)n2)cc1. The lowest BCUT2D eigenvalue weighted by molar-refractivity contribution is 0.144. The molecule has 0 bridgehead atoms. The Morgan fingerprint density at radius 1 is 0.971 bits per heavy atom. The minimum absolute atomic E-state index is 0.00869. The number of rotatable bonds is 7. The third kappa shape index (κ3) is 5.22. The van der Waals surface area contributed by atoms with E-state index in [1.807, 2.05) is 28.8 Å². The average molecular weight is 488 g/mol. The summed E-state index contributed by atoms with van der Waals surface area (Å²) in [6, 6.07) is 16.4. The van der Waals surface area contributed by atoms with Crippen molar-refractivity contribution >= 4 is 22.2 Å². The Bertz CT molecular complexity index is 1350. The van der Waals surface area contributed by atoms with Gasteiger partial charge in [0.2, 0.25) is 0 Å². The predicted molar refractivity (Wildman–Crippen MR) is 144 cm³/mol. The first kappa shape index (κ1) is 23.9. The second kappa shape index (κ2) is 10.4. The van der Waals surface area contributed by atoms with E-state index in [-0.39, 0.29) is 5.56 Å². The third-order valence-electron chi connectivity index (χ3n) is 7.13. The van der Waals surface area contributed by atoms with Crippen LogP contribution < -0.4 is 5.56 Å². The van der Waals surface area contributed by atoms with Crippen LogP contribution in [0.15, 0.2) is 58.7 Å². The number of nitrogens with zero attached hydrogens (tertiary/aromatic N) is 5. The van der Waals surface area contributed by atoms with E-state index >= 15 is 0 Å². The van der Waals surface area contributed by atoms with Crippen molar-refractivity contribution in [3.05, 3.63) is 80.7 Å². The van der Waals surface area contributed by atoms with E-state index in [1.165, 1.54) is 5.56 Å². The lowest BCUT2D eigenvalue weighted by atomic mass is 9.97. The summed E-state index contributed by atoms with van der Waals surface area (Å²) in [6.45, 7) is 9.60. The van der Waals surface area contributed by atoms with Crippen LogP contribution in [0.3, 0.4) is 0 Å². The largest absolute Gasteiger partial charge is 0.304 e. The molecule has 5 rings (SSSR count). The van der Waals surface area contributed by atoms with Crippen LogP contribution in [0.1, 0.15) is 42.6 Å². The molecule has 182 valence electrons. The molecule has 1 saturated heterocycles. The van der Waals surface area contributed by atoms with E-state index in [0.29, 0.717) is 24.4 Å². The molecule has 0 amide bonds. The molecule has 6 nitrogen and oxygen atoms in total. The van der Waals surface area contributed by atoms with Crippen LogP contribution >= 0.6 is 11.3 Å². The summed E-state index contributed by atoms with van der Waals surface area (Å²) in [5.74, 6) is 1.37. The van der Waals surface area contributed by atoms with Crippen molar-refractivity contribution in [1.29, 1.82) is 0 Å². The third-order valence-corrected chi connectivity index (χ3v) is 7.97. The number of hydrogen-bond acceptors (Lipinski definition) is 6. The molecule has 0 radical (unpaired) electrons. The molecule has 3 heterocycles. The molecule has 1 atom stereocenters. The molecule has 1 aliphatic heterocycles. The minimum atomic E-state index is 0.00869. The maximum absolute atomic E-state index is 13.5. The zero-order valence-electron chi connectivity index (χ0n) is 20.8. The van der Waals surface area contributed by atoms with Gasteiger partial charge in [0.15, 0.2) is 0 Å². The molecule has 1 aliphatic rings. The summed E-state index contributed by atoms with van der Waals surface area (Å²) in [6.07, 6.45) is 1.13. The Kier molecular flexibility index (Phi) is 7.09.